The smallest absolute Gasteiger partial charge is 0.353 e. The zero-order valence-electron chi connectivity index (χ0n) is 24.1. The lowest BCUT2D eigenvalue weighted by atomic mass is 10.1. The van der Waals surface area contributed by atoms with Crippen molar-refractivity contribution in [3.05, 3.63) is 121 Å². The number of amides is 1. The summed E-state index contributed by atoms with van der Waals surface area (Å²) in [6.45, 7) is 0.440. The number of hydrogen-bond acceptors (Lipinski definition) is 11. The van der Waals surface area contributed by atoms with Crippen molar-refractivity contribution >= 4 is 35.0 Å². The van der Waals surface area contributed by atoms with E-state index < -0.39 is 22.7 Å². The van der Waals surface area contributed by atoms with Crippen LogP contribution in [0.2, 0.25) is 0 Å². The predicted molar refractivity (Wildman–Crippen MR) is 170 cm³/mol. The van der Waals surface area contributed by atoms with Crippen LogP contribution in [0, 0.1) is 0 Å². The molecule has 2 heterocycles. The minimum atomic E-state index is -1.21. The van der Waals surface area contributed by atoms with Crippen molar-refractivity contribution < 1.29 is 24.2 Å². The van der Waals surface area contributed by atoms with Gasteiger partial charge in [-0.25, -0.2) is 19.6 Å². The average Bonchev–Trinajstić information content (AvgIpc) is 3.69. The molecular weight excluding hydrogens is 594 g/mol. The number of nitrogens with two attached hydrogens (primary N) is 2. The number of nitrogens with zero attached hydrogens (tertiary/aromatic N) is 3. The van der Waals surface area contributed by atoms with Crippen LogP contribution in [0.25, 0.3) is 5.78 Å². The van der Waals surface area contributed by atoms with Gasteiger partial charge in [-0.15, -0.1) is 0 Å². The van der Waals surface area contributed by atoms with Gasteiger partial charge in [0.05, 0.1) is 12.7 Å². The molecule has 0 unspecified atom stereocenters. The van der Waals surface area contributed by atoms with Crippen LogP contribution in [-0.2, 0) is 24.2 Å². The number of aromatic carboxylic acids is 1. The number of carboxylic acids is 1. The van der Waals surface area contributed by atoms with Crippen LogP contribution in [0.5, 0.6) is 0 Å². The first-order chi connectivity index (χ1) is 21.6. The van der Waals surface area contributed by atoms with E-state index in [0.29, 0.717) is 5.56 Å². The molecule has 14 heteroatoms. The lowest BCUT2D eigenvalue weighted by molar-refractivity contribution is 0.0599. The van der Waals surface area contributed by atoms with Crippen LogP contribution in [0.1, 0.15) is 73.5 Å². The third-order valence-corrected chi connectivity index (χ3v) is 7.38. The van der Waals surface area contributed by atoms with Gasteiger partial charge in [-0.05, 0) is 47.2 Å². The number of imidazole rings is 1. The number of carbonyl (C=O) groups excluding carboxylic acids is 2. The van der Waals surface area contributed by atoms with E-state index in [0.717, 1.165) is 29.5 Å². The fourth-order valence-electron chi connectivity index (χ4n) is 4.98. The fraction of sp³-hybridized carbons (Fsp3) is 0.219. The zero-order valence-corrected chi connectivity index (χ0v) is 24.1. The lowest BCUT2D eigenvalue weighted by Gasteiger charge is -2.11. The number of rotatable bonds is 8. The standard InChI is InChI=1S/C20H16N6O5.C11H13NO2.CH4/c21-14-15(17(28)16(14)27)23-8-10-2-1-3-11(6-10)9-24-18(29)12-7-13(19(30)31)26-5-4-22-20(26)25-12;1-14-11(13)8-2-4-9-7(6-8)3-5-10(9)12;/h1-7,23H,8-9,21H2,(H,24,29)(H,30,31);2,4,6,10H,3,5,12H2,1H3;1H4/t;10-;/m.0./s1. The van der Waals surface area contributed by atoms with Crippen molar-refractivity contribution in [2.24, 2.45) is 5.73 Å². The number of aromatic nitrogens is 3. The molecule has 1 atom stereocenters. The molecule has 0 saturated carbocycles. The normalized spacial score (nSPS) is 13.2. The van der Waals surface area contributed by atoms with E-state index in [2.05, 4.69) is 25.3 Å². The molecular formula is C32H33N7O7. The van der Waals surface area contributed by atoms with Crippen molar-refractivity contribution in [2.45, 2.75) is 39.4 Å². The van der Waals surface area contributed by atoms with E-state index in [1.807, 2.05) is 24.3 Å². The Morgan fingerprint density at radius 1 is 1.07 bits per heavy atom. The summed E-state index contributed by atoms with van der Waals surface area (Å²) in [4.78, 5) is 65.8. The summed E-state index contributed by atoms with van der Waals surface area (Å²) < 4.78 is 5.93. The van der Waals surface area contributed by atoms with E-state index >= 15 is 0 Å². The molecule has 3 aromatic carbocycles. The van der Waals surface area contributed by atoms with Crippen LogP contribution >= 0.6 is 0 Å². The molecule has 0 spiro atoms. The number of aryl methyl sites for hydroxylation is 1. The van der Waals surface area contributed by atoms with Gasteiger partial charge in [0.25, 0.3) is 16.8 Å². The Labute approximate surface area is 262 Å². The van der Waals surface area contributed by atoms with E-state index in [1.165, 1.54) is 35.5 Å². The second-order valence-corrected chi connectivity index (χ2v) is 10.3. The molecule has 1 aliphatic carbocycles. The summed E-state index contributed by atoms with van der Waals surface area (Å²) in [5.41, 5.74) is 14.4. The molecule has 5 aromatic rings. The number of fused-ring (bicyclic) bond motifs is 2. The van der Waals surface area contributed by atoms with Crippen LogP contribution in [0.15, 0.2) is 70.5 Å². The number of carbonyl (C=O) groups is 3. The molecule has 0 bridgehead atoms. The summed E-state index contributed by atoms with van der Waals surface area (Å²) in [5, 5.41) is 14.9. The number of carboxylic acid groups (broad SMARTS) is 1. The monoisotopic (exact) mass is 627 g/mol. The third kappa shape index (κ3) is 6.76. The predicted octanol–water partition coefficient (Wildman–Crippen LogP) is 2.20. The van der Waals surface area contributed by atoms with Gasteiger partial charge in [0.15, 0.2) is 0 Å². The molecule has 1 aliphatic rings. The Hall–Kier alpha value is -5.89. The first-order valence-electron chi connectivity index (χ1n) is 13.8. The van der Waals surface area contributed by atoms with Crippen LogP contribution in [0.3, 0.4) is 0 Å². The van der Waals surface area contributed by atoms with Gasteiger partial charge in [0, 0.05) is 37.6 Å². The number of nitrogen functional groups attached to an aromatic ring is 1. The number of nitrogens with one attached hydrogen (secondary N) is 2. The van der Waals surface area contributed by atoms with E-state index in [4.69, 9.17) is 11.5 Å². The van der Waals surface area contributed by atoms with Crippen LogP contribution in [0.4, 0.5) is 11.4 Å². The fourth-order valence-corrected chi connectivity index (χ4v) is 4.98. The summed E-state index contributed by atoms with van der Waals surface area (Å²) in [6, 6.07) is 14.1. The Bertz CT molecular complexity index is 2010. The highest BCUT2D eigenvalue weighted by molar-refractivity contribution is 5.96. The average molecular weight is 628 g/mol. The quantitative estimate of drug-likeness (QED) is 0.123. The second kappa shape index (κ2) is 13.8. The number of benzene rings is 2. The molecule has 14 nitrogen and oxygen atoms in total. The summed E-state index contributed by atoms with van der Waals surface area (Å²) in [5.74, 6) is -1.93. The number of anilines is 2. The lowest BCUT2D eigenvalue weighted by Crippen LogP contribution is -2.36. The van der Waals surface area contributed by atoms with Gasteiger partial charge in [-0.1, -0.05) is 37.8 Å². The summed E-state index contributed by atoms with van der Waals surface area (Å²) in [6.07, 6.45) is 4.78. The number of hydrogen-bond donors (Lipinski definition) is 5. The van der Waals surface area contributed by atoms with Crippen LogP contribution in [-0.4, -0.2) is 44.4 Å². The van der Waals surface area contributed by atoms with Gasteiger partial charge in [0.2, 0.25) is 5.78 Å². The van der Waals surface area contributed by atoms with Gasteiger partial charge >= 0.3 is 11.9 Å². The van der Waals surface area contributed by atoms with Crippen LogP contribution < -0.4 is 33.0 Å². The molecule has 0 aliphatic heterocycles. The van der Waals surface area contributed by atoms with E-state index in [-0.39, 0.29) is 61.1 Å². The Morgan fingerprint density at radius 3 is 2.50 bits per heavy atom. The van der Waals surface area contributed by atoms with E-state index in [9.17, 15) is 29.1 Å². The van der Waals surface area contributed by atoms with Gasteiger partial charge < -0.3 is 31.9 Å². The number of ether oxygens (including phenoxy) is 1. The molecule has 7 N–H and O–H groups in total. The molecule has 46 heavy (non-hydrogen) atoms. The van der Waals surface area contributed by atoms with Gasteiger partial charge in [-0.3, -0.25) is 18.8 Å². The molecule has 6 rings (SSSR count). The molecule has 0 radical (unpaired) electrons. The first-order valence-corrected chi connectivity index (χ1v) is 13.8. The highest BCUT2D eigenvalue weighted by atomic mass is 16.5. The third-order valence-electron chi connectivity index (χ3n) is 7.38. The molecule has 0 saturated heterocycles. The van der Waals surface area contributed by atoms with Crippen molar-refractivity contribution in [1.29, 1.82) is 0 Å². The molecule has 2 aromatic heterocycles. The Balaban J connectivity index is 0.000000268. The summed E-state index contributed by atoms with van der Waals surface area (Å²) >= 11 is 0. The Kier molecular flexibility index (Phi) is 9.92. The van der Waals surface area contributed by atoms with Crippen molar-refractivity contribution in [3.63, 3.8) is 0 Å². The highest BCUT2D eigenvalue weighted by Crippen LogP contribution is 2.29. The molecule has 0 fully saturated rings. The van der Waals surface area contributed by atoms with Crippen molar-refractivity contribution in [3.8, 4) is 0 Å². The number of esters is 1. The summed E-state index contributed by atoms with van der Waals surface area (Å²) in [7, 11) is 1.39. The van der Waals surface area contributed by atoms with Gasteiger partial charge in [-0.2, -0.15) is 0 Å². The highest BCUT2D eigenvalue weighted by Gasteiger charge is 2.21. The second-order valence-electron chi connectivity index (χ2n) is 10.3. The maximum absolute atomic E-state index is 12.5. The molecule has 238 valence electrons. The maximum Gasteiger partial charge on any atom is 0.353 e. The first kappa shape index (κ1) is 33.0. The zero-order chi connectivity index (χ0) is 32.2. The largest absolute Gasteiger partial charge is 0.477 e. The number of methoxy groups -OCH3 is 1. The minimum absolute atomic E-state index is 0. The van der Waals surface area contributed by atoms with Crippen molar-refractivity contribution in [1.82, 2.24) is 19.7 Å². The van der Waals surface area contributed by atoms with E-state index in [1.54, 1.807) is 18.2 Å². The van der Waals surface area contributed by atoms with Crippen molar-refractivity contribution in [2.75, 3.05) is 18.2 Å². The topological polar surface area (TPSA) is 221 Å². The molecule has 1 amide bonds. The maximum atomic E-state index is 12.5. The minimum Gasteiger partial charge on any atom is -0.477 e. The SMILES string of the molecule is C.COC(=O)c1ccc2c(c1)CC[C@@H]2N.Nc1c(NCc2cccc(CNC(=O)c3cc(C(=O)O)n4ccnc4n3)c2)c(=O)c1=O. The van der Waals surface area contributed by atoms with Gasteiger partial charge in [0.1, 0.15) is 22.8 Å². The Morgan fingerprint density at radius 2 is 1.80 bits per heavy atom.